The van der Waals surface area contributed by atoms with Gasteiger partial charge in [0.1, 0.15) is 11.5 Å². The second kappa shape index (κ2) is 3.19. The smallest absolute Gasteiger partial charge is 0.145 e. The Labute approximate surface area is 141 Å². The van der Waals surface area contributed by atoms with Crippen LogP contribution in [-0.4, -0.2) is 45.3 Å². The first kappa shape index (κ1) is 13.5. The van der Waals surface area contributed by atoms with Crippen LogP contribution in [0.5, 0.6) is 0 Å². The summed E-state index contributed by atoms with van der Waals surface area (Å²) in [7, 11) is 0. The van der Waals surface area contributed by atoms with Crippen LogP contribution in [0.4, 0.5) is 0 Å². The number of hydrogen-bond donors (Lipinski definition) is 2. The van der Waals surface area contributed by atoms with E-state index < -0.39 is 5.72 Å². The third-order valence-electron chi connectivity index (χ3n) is 9.94. The van der Waals surface area contributed by atoms with Gasteiger partial charge in [-0.2, -0.15) is 0 Å². The molecule has 6 saturated carbocycles. The standard InChI is InChI=1S/C20H25NO3/c1-9-4-18-7-20(24)16-17(2)5-10(22)6-19(16)12(18)3-11(9)14(23)13(18)15(19)21(20)8-17/h10-13,15-16,22,24H,1,3-8H2,2H3/t10-,11-,12+,13+,15+,16+,17-,18+,19-,20+/m0/s1. The summed E-state index contributed by atoms with van der Waals surface area (Å²) in [4.78, 5) is 15.6. The van der Waals surface area contributed by atoms with Crippen LogP contribution in [0.3, 0.4) is 0 Å². The van der Waals surface area contributed by atoms with E-state index in [1.807, 2.05) is 0 Å². The molecule has 9 bridgehead atoms. The maximum Gasteiger partial charge on any atom is 0.145 e. The Morgan fingerprint density at radius 3 is 2.92 bits per heavy atom. The molecular formula is C20H25NO3. The molecule has 3 aliphatic heterocycles. The molecule has 4 nitrogen and oxygen atoms in total. The Bertz CT molecular complexity index is 764. The minimum atomic E-state index is -0.739. The minimum absolute atomic E-state index is 0.00130. The number of rotatable bonds is 0. The van der Waals surface area contributed by atoms with Gasteiger partial charge in [0.05, 0.1) is 6.10 Å². The molecule has 1 unspecified atom stereocenters. The highest BCUT2D eigenvalue weighted by molar-refractivity contribution is 5.91. The SMILES string of the molecule is C=C1C[C@@]23C[C@@]4(O)[C@@H]5[C@@]6(C)C[C@H](O)C[C@@]57[C@@H]2C[C@@H]1C(=O)[C@@H]3[C@H]7N4C6. The van der Waals surface area contributed by atoms with Crippen molar-refractivity contribution in [3.63, 3.8) is 0 Å². The first-order valence-corrected chi connectivity index (χ1v) is 9.67. The van der Waals surface area contributed by atoms with Gasteiger partial charge in [0.2, 0.25) is 0 Å². The number of aliphatic hydroxyl groups is 2. The lowest BCUT2D eigenvalue weighted by molar-refractivity contribution is -0.223. The normalized spacial score (nSPS) is 73.0. The summed E-state index contributed by atoms with van der Waals surface area (Å²) >= 11 is 0. The molecule has 11 atom stereocenters. The van der Waals surface area contributed by atoms with E-state index in [4.69, 9.17) is 0 Å². The molecule has 0 aromatic heterocycles. The summed E-state index contributed by atoms with van der Waals surface area (Å²) < 4.78 is 0. The molecule has 0 aromatic carbocycles. The molecule has 9 rings (SSSR count). The van der Waals surface area contributed by atoms with Gasteiger partial charge in [-0.15, -0.1) is 0 Å². The number of nitrogens with zero attached hydrogens (tertiary/aromatic N) is 1. The van der Waals surface area contributed by atoms with Crippen molar-refractivity contribution in [1.82, 2.24) is 4.90 Å². The molecule has 4 heteroatoms. The van der Waals surface area contributed by atoms with Gasteiger partial charge in [-0.25, -0.2) is 0 Å². The van der Waals surface area contributed by atoms with Gasteiger partial charge in [-0.3, -0.25) is 9.69 Å². The van der Waals surface area contributed by atoms with Crippen LogP contribution in [-0.2, 0) is 4.79 Å². The van der Waals surface area contributed by atoms with Crippen molar-refractivity contribution >= 4 is 5.78 Å². The summed E-state index contributed by atoms with van der Waals surface area (Å²) in [5.74, 6) is 1.30. The molecule has 0 amide bonds. The highest BCUT2D eigenvalue weighted by atomic mass is 16.3. The van der Waals surface area contributed by atoms with E-state index in [1.54, 1.807) is 0 Å². The van der Waals surface area contributed by atoms with Crippen LogP contribution in [0.15, 0.2) is 12.2 Å². The van der Waals surface area contributed by atoms with Crippen LogP contribution in [0, 0.1) is 39.9 Å². The molecule has 9 fully saturated rings. The number of aliphatic hydroxyl groups excluding tert-OH is 1. The first-order valence-electron chi connectivity index (χ1n) is 9.67. The maximum absolute atomic E-state index is 13.3. The fourth-order valence-electron chi connectivity index (χ4n) is 10.4. The minimum Gasteiger partial charge on any atom is -0.393 e. The zero-order valence-electron chi connectivity index (χ0n) is 14.2. The second-order valence-electron chi connectivity index (χ2n) is 10.7. The summed E-state index contributed by atoms with van der Waals surface area (Å²) in [6.45, 7) is 7.38. The summed E-state index contributed by atoms with van der Waals surface area (Å²) in [6, 6.07) is 0.180. The maximum atomic E-state index is 13.3. The average Bonchev–Trinajstić information content (AvgIpc) is 2.80. The Morgan fingerprint density at radius 2 is 2.12 bits per heavy atom. The van der Waals surface area contributed by atoms with Crippen molar-refractivity contribution in [1.29, 1.82) is 0 Å². The number of fused-ring (bicyclic) bond motifs is 1. The molecule has 0 aromatic rings. The summed E-state index contributed by atoms with van der Waals surface area (Å²) in [5.41, 5.74) is 0.292. The molecule has 128 valence electrons. The van der Waals surface area contributed by atoms with Crippen LogP contribution in [0.2, 0.25) is 0 Å². The Morgan fingerprint density at radius 1 is 1.33 bits per heavy atom. The fourth-order valence-corrected chi connectivity index (χ4v) is 10.4. The van der Waals surface area contributed by atoms with Gasteiger partial charge in [0.25, 0.3) is 0 Å². The molecule has 9 aliphatic rings. The first-order chi connectivity index (χ1) is 11.3. The van der Waals surface area contributed by atoms with E-state index in [1.165, 1.54) is 0 Å². The number of carbonyl (C=O) groups excluding carboxylic acids is 1. The van der Waals surface area contributed by atoms with Gasteiger partial charge in [-0.1, -0.05) is 19.1 Å². The largest absolute Gasteiger partial charge is 0.393 e. The van der Waals surface area contributed by atoms with Crippen molar-refractivity contribution in [2.45, 2.75) is 56.9 Å². The van der Waals surface area contributed by atoms with E-state index in [-0.39, 0.29) is 46.1 Å². The summed E-state index contributed by atoms with van der Waals surface area (Å²) in [5, 5.41) is 22.6. The lowest BCUT2D eigenvalue weighted by Gasteiger charge is -2.64. The zero-order valence-corrected chi connectivity index (χ0v) is 14.2. The average molecular weight is 327 g/mol. The van der Waals surface area contributed by atoms with Crippen LogP contribution >= 0.6 is 0 Å². The highest BCUT2D eigenvalue weighted by Gasteiger charge is 2.92. The lowest BCUT2D eigenvalue weighted by atomic mass is 9.40. The van der Waals surface area contributed by atoms with Crippen LogP contribution in [0.1, 0.15) is 39.0 Å². The molecule has 0 radical (unpaired) electrons. The fraction of sp³-hybridized carbons (Fsp3) is 0.850. The zero-order chi connectivity index (χ0) is 16.4. The van der Waals surface area contributed by atoms with Gasteiger partial charge < -0.3 is 10.2 Å². The predicted molar refractivity (Wildman–Crippen MR) is 85.6 cm³/mol. The number of carbonyl (C=O) groups is 1. The van der Waals surface area contributed by atoms with Crippen molar-refractivity contribution in [3.8, 4) is 0 Å². The van der Waals surface area contributed by atoms with Gasteiger partial charge in [0.15, 0.2) is 0 Å². The van der Waals surface area contributed by atoms with Gasteiger partial charge in [-0.05, 0) is 48.9 Å². The number of piperidine rings is 2. The third-order valence-corrected chi connectivity index (χ3v) is 9.94. The predicted octanol–water partition coefficient (Wildman–Crippen LogP) is 1.32. The molecule has 3 heterocycles. The number of ketones is 1. The van der Waals surface area contributed by atoms with Crippen LogP contribution in [0.25, 0.3) is 0 Å². The van der Waals surface area contributed by atoms with Crippen molar-refractivity contribution in [3.05, 3.63) is 12.2 Å². The molecule has 24 heavy (non-hydrogen) atoms. The number of hydrogen-bond acceptors (Lipinski definition) is 4. The Balaban J connectivity index is 1.56. The topological polar surface area (TPSA) is 60.8 Å². The third kappa shape index (κ3) is 0.926. The van der Waals surface area contributed by atoms with Crippen molar-refractivity contribution < 1.29 is 15.0 Å². The molecule has 6 aliphatic carbocycles. The molecular weight excluding hydrogens is 302 g/mol. The van der Waals surface area contributed by atoms with Gasteiger partial charge >= 0.3 is 0 Å². The van der Waals surface area contributed by atoms with E-state index >= 15 is 0 Å². The van der Waals surface area contributed by atoms with Crippen LogP contribution < -0.4 is 0 Å². The highest BCUT2D eigenvalue weighted by Crippen LogP contribution is 2.88. The van der Waals surface area contributed by atoms with Crippen molar-refractivity contribution in [2.24, 2.45) is 39.9 Å². The van der Waals surface area contributed by atoms with Crippen molar-refractivity contribution in [2.75, 3.05) is 6.54 Å². The lowest BCUT2D eigenvalue weighted by Crippen LogP contribution is -2.66. The molecule has 2 spiro atoms. The number of Topliss-reactive ketones (excluding diaryl/α,β-unsaturated/α-hetero) is 1. The van der Waals surface area contributed by atoms with E-state index in [9.17, 15) is 15.0 Å². The summed E-state index contributed by atoms with van der Waals surface area (Å²) in [6.07, 6.45) is 3.97. The number of allylic oxidation sites excluding steroid dienone is 1. The Hall–Kier alpha value is -0.710. The van der Waals surface area contributed by atoms with E-state index in [2.05, 4.69) is 18.4 Å². The Kier molecular flexibility index (Phi) is 1.79. The van der Waals surface area contributed by atoms with E-state index in [0.717, 1.165) is 44.2 Å². The quantitative estimate of drug-likeness (QED) is 0.659. The molecule has 3 saturated heterocycles. The second-order valence-corrected chi connectivity index (χ2v) is 10.7. The van der Waals surface area contributed by atoms with E-state index in [0.29, 0.717) is 11.7 Å². The van der Waals surface area contributed by atoms with Gasteiger partial charge in [0, 0.05) is 35.8 Å². The monoisotopic (exact) mass is 327 g/mol. The molecule has 2 N–H and O–H groups in total.